The summed E-state index contributed by atoms with van der Waals surface area (Å²) in [5, 5.41) is 5.00. The first-order chi connectivity index (χ1) is 8.99. The Morgan fingerprint density at radius 1 is 1.21 bits per heavy atom. The molecule has 0 fully saturated rings. The number of carbonyl (C=O) groups excluding carboxylic acids is 3. The molecule has 1 rings (SSSR count). The van der Waals surface area contributed by atoms with Gasteiger partial charge in [-0.1, -0.05) is 0 Å². The van der Waals surface area contributed by atoms with Crippen molar-refractivity contribution in [2.75, 3.05) is 13.2 Å². The summed E-state index contributed by atoms with van der Waals surface area (Å²) in [6, 6.07) is -1.19. The van der Waals surface area contributed by atoms with Crippen LogP contribution in [0.3, 0.4) is 0 Å². The molecule has 7 heteroatoms. The van der Waals surface area contributed by atoms with Crippen LogP contribution in [0.1, 0.15) is 27.2 Å². The molecule has 1 aliphatic rings. The lowest BCUT2D eigenvalue weighted by molar-refractivity contribution is -0.143. The van der Waals surface area contributed by atoms with Crippen molar-refractivity contribution in [2.45, 2.75) is 33.2 Å². The van der Waals surface area contributed by atoms with Gasteiger partial charge in [-0.25, -0.2) is 9.59 Å². The number of ether oxygens (including phenoxy) is 2. The van der Waals surface area contributed by atoms with Crippen LogP contribution >= 0.6 is 0 Å². The molecule has 2 N–H and O–H groups in total. The van der Waals surface area contributed by atoms with Crippen molar-refractivity contribution in [3.05, 3.63) is 11.3 Å². The van der Waals surface area contributed by atoms with Crippen molar-refractivity contribution in [2.24, 2.45) is 0 Å². The molecule has 1 atom stereocenters. The zero-order valence-corrected chi connectivity index (χ0v) is 11.2. The topological polar surface area (TPSA) is 93.7 Å². The summed E-state index contributed by atoms with van der Waals surface area (Å²) in [7, 11) is 0. The van der Waals surface area contributed by atoms with Crippen LogP contribution in [-0.4, -0.2) is 37.2 Å². The quantitative estimate of drug-likeness (QED) is 0.708. The van der Waals surface area contributed by atoms with E-state index in [1.807, 2.05) is 0 Å². The molecular weight excluding hydrogens is 252 g/mol. The first-order valence-corrected chi connectivity index (χ1v) is 6.10. The molecule has 2 amide bonds. The number of urea groups is 1. The number of hydrogen-bond acceptors (Lipinski definition) is 5. The van der Waals surface area contributed by atoms with E-state index in [0.29, 0.717) is 5.70 Å². The highest BCUT2D eigenvalue weighted by atomic mass is 16.5. The van der Waals surface area contributed by atoms with E-state index in [-0.39, 0.29) is 25.2 Å². The number of carbonyl (C=O) groups is 3. The van der Waals surface area contributed by atoms with Crippen LogP contribution in [-0.2, 0) is 19.1 Å². The Kier molecular flexibility index (Phi) is 5.35. The normalized spacial score (nSPS) is 18.5. The highest BCUT2D eigenvalue weighted by Crippen LogP contribution is 2.17. The molecule has 0 aromatic rings. The van der Waals surface area contributed by atoms with Crippen LogP contribution in [0.25, 0.3) is 0 Å². The van der Waals surface area contributed by atoms with Crippen molar-refractivity contribution in [3.8, 4) is 0 Å². The van der Waals surface area contributed by atoms with Crippen molar-refractivity contribution in [3.63, 3.8) is 0 Å². The van der Waals surface area contributed by atoms with Gasteiger partial charge in [-0.3, -0.25) is 4.79 Å². The molecule has 1 heterocycles. The van der Waals surface area contributed by atoms with Gasteiger partial charge in [0.25, 0.3) is 0 Å². The molecule has 0 saturated carbocycles. The second-order valence-electron chi connectivity index (χ2n) is 3.92. The van der Waals surface area contributed by atoms with Crippen LogP contribution < -0.4 is 10.6 Å². The van der Waals surface area contributed by atoms with Crippen LogP contribution in [0.5, 0.6) is 0 Å². The molecule has 0 aromatic heterocycles. The molecule has 0 bridgehead atoms. The molecule has 0 aromatic carbocycles. The number of allylic oxidation sites excluding steroid dienone is 1. The Hall–Kier alpha value is -2.05. The van der Waals surface area contributed by atoms with E-state index in [1.165, 1.54) is 0 Å². The Bertz CT molecular complexity index is 416. The van der Waals surface area contributed by atoms with Gasteiger partial charge in [0.15, 0.2) is 0 Å². The van der Waals surface area contributed by atoms with Crippen LogP contribution in [0, 0.1) is 0 Å². The Morgan fingerprint density at radius 3 is 2.42 bits per heavy atom. The number of esters is 2. The van der Waals surface area contributed by atoms with Crippen LogP contribution in [0.2, 0.25) is 0 Å². The first-order valence-electron chi connectivity index (χ1n) is 6.10. The van der Waals surface area contributed by atoms with E-state index >= 15 is 0 Å². The van der Waals surface area contributed by atoms with Gasteiger partial charge < -0.3 is 20.1 Å². The zero-order valence-electron chi connectivity index (χ0n) is 11.2. The molecular formula is C12H18N2O5. The molecule has 106 valence electrons. The highest BCUT2D eigenvalue weighted by Gasteiger charge is 2.32. The summed E-state index contributed by atoms with van der Waals surface area (Å²) in [4.78, 5) is 34.7. The molecule has 0 aliphatic carbocycles. The largest absolute Gasteiger partial charge is 0.466 e. The first kappa shape index (κ1) is 15.0. The number of hydrogen-bond donors (Lipinski definition) is 2. The maximum Gasteiger partial charge on any atom is 0.337 e. The van der Waals surface area contributed by atoms with Gasteiger partial charge in [0.2, 0.25) is 0 Å². The molecule has 1 unspecified atom stereocenters. The average molecular weight is 270 g/mol. The molecule has 7 nitrogen and oxygen atoms in total. The van der Waals surface area contributed by atoms with Crippen molar-refractivity contribution < 1.29 is 23.9 Å². The third-order valence-corrected chi connectivity index (χ3v) is 2.53. The van der Waals surface area contributed by atoms with Gasteiger partial charge >= 0.3 is 18.0 Å². The van der Waals surface area contributed by atoms with E-state index in [1.54, 1.807) is 20.8 Å². The predicted octanol–water partition coefficient (Wildman–Crippen LogP) is 0.458. The maximum absolute atomic E-state index is 11.8. The lowest BCUT2D eigenvalue weighted by Gasteiger charge is -2.27. The third-order valence-electron chi connectivity index (χ3n) is 2.53. The Morgan fingerprint density at radius 2 is 1.84 bits per heavy atom. The number of amides is 2. The van der Waals surface area contributed by atoms with Crippen molar-refractivity contribution >= 4 is 18.0 Å². The van der Waals surface area contributed by atoms with Crippen LogP contribution in [0.15, 0.2) is 11.3 Å². The number of nitrogens with one attached hydrogen (secondary N) is 2. The third kappa shape index (κ3) is 3.97. The van der Waals surface area contributed by atoms with E-state index < -0.39 is 24.0 Å². The minimum absolute atomic E-state index is 0.104. The summed E-state index contributed by atoms with van der Waals surface area (Å²) in [6.45, 7) is 5.42. The van der Waals surface area contributed by atoms with Gasteiger partial charge in [-0.15, -0.1) is 0 Å². The summed E-state index contributed by atoms with van der Waals surface area (Å²) in [5.41, 5.74) is 0.631. The van der Waals surface area contributed by atoms with Gasteiger partial charge in [0.05, 0.1) is 31.2 Å². The Labute approximate surface area is 111 Å². The van der Waals surface area contributed by atoms with Gasteiger partial charge in [-0.05, 0) is 20.8 Å². The lowest BCUT2D eigenvalue weighted by Crippen LogP contribution is -2.50. The highest BCUT2D eigenvalue weighted by molar-refractivity contribution is 5.95. The monoisotopic (exact) mass is 270 g/mol. The second kappa shape index (κ2) is 6.77. The lowest BCUT2D eigenvalue weighted by atomic mass is 10.0. The van der Waals surface area contributed by atoms with Crippen molar-refractivity contribution in [1.82, 2.24) is 10.6 Å². The standard InChI is InChI=1S/C12H18N2O5/c1-4-18-9(15)6-8-10(11(16)19-5-2)7(3)13-12(17)14-8/h8H,4-6H2,1-3H3,(H2,13,14,17). The van der Waals surface area contributed by atoms with Gasteiger partial charge in [-0.2, -0.15) is 0 Å². The van der Waals surface area contributed by atoms with E-state index in [9.17, 15) is 14.4 Å². The summed E-state index contributed by atoms with van der Waals surface area (Å²) >= 11 is 0. The minimum Gasteiger partial charge on any atom is -0.466 e. The predicted molar refractivity (Wildman–Crippen MR) is 66.0 cm³/mol. The fourth-order valence-corrected chi connectivity index (χ4v) is 1.81. The van der Waals surface area contributed by atoms with E-state index in [4.69, 9.17) is 9.47 Å². The molecule has 1 aliphatic heterocycles. The fraction of sp³-hybridized carbons (Fsp3) is 0.583. The maximum atomic E-state index is 11.8. The second-order valence-corrected chi connectivity index (χ2v) is 3.92. The summed E-state index contributed by atoms with van der Waals surface area (Å²) < 4.78 is 9.74. The van der Waals surface area contributed by atoms with E-state index in [2.05, 4.69) is 10.6 Å². The minimum atomic E-state index is -0.730. The summed E-state index contributed by atoms with van der Waals surface area (Å²) in [6.07, 6.45) is -0.104. The summed E-state index contributed by atoms with van der Waals surface area (Å²) in [5.74, 6) is -1.04. The molecule has 0 radical (unpaired) electrons. The Balaban J connectivity index is 2.91. The van der Waals surface area contributed by atoms with Gasteiger partial charge in [0, 0.05) is 5.70 Å². The smallest absolute Gasteiger partial charge is 0.337 e. The fourth-order valence-electron chi connectivity index (χ4n) is 1.81. The van der Waals surface area contributed by atoms with E-state index in [0.717, 1.165) is 0 Å². The SMILES string of the molecule is CCOC(=O)CC1NC(=O)NC(C)=C1C(=O)OCC. The number of rotatable bonds is 5. The van der Waals surface area contributed by atoms with Crippen molar-refractivity contribution in [1.29, 1.82) is 0 Å². The van der Waals surface area contributed by atoms with Crippen LogP contribution in [0.4, 0.5) is 4.79 Å². The molecule has 19 heavy (non-hydrogen) atoms. The molecule has 0 spiro atoms. The zero-order chi connectivity index (χ0) is 14.4. The van der Waals surface area contributed by atoms with Gasteiger partial charge in [0.1, 0.15) is 0 Å². The molecule has 0 saturated heterocycles. The average Bonchev–Trinajstić information content (AvgIpc) is 2.28.